The molecule has 33 heavy (non-hydrogen) atoms. The quantitative estimate of drug-likeness (QED) is 0.227. The maximum absolute atomic E-state index is 12.6. The van der Waals surface area contributed by atoms with Crippen LogP contribution in [0.4, 0.5) is 0 Å². The van der Waals surface area contributed by atoms with Crippen LogP contribution in [0.5, 0.6) is 0 Å². The van der Waals surface area contributed by atoms with Gasteiger partial charge in [0.25, 0.3) is 5.91 Å². The van der Waals surface area contributed by atoms with Gasteiger partial charge in [0, 0.05) is 24.5 Å². The van der Waals surface area contributed by atoms with Crippen LogP contribution in [0, 0.1) is 0 Å². The van der Waals surface area contributed by atoms with E-state index < -0.39 is 11.9 Å². The first-order valence-electron chi connectivity index (χ1n) is 10.6. The fraction of sp³-hybridized carbons (Fsp3) is 0.200. The number of carbonyl (C=O) groups is 2. The molecule has 3 rings (SSSR count). The van der Waals surface area contributed by atoms with Crippen molar-refractivity contribution < 1.29 is 14.8 Å². The van der Waals surface area contributed by atoms with E-state index in [0.29, 0.717) is 17.7 Å². The van der Waals surface area contributed by atoms with Crippen molar-refractivity contribution in [3.8, 4) is 0 Å². The standard InChI is InChI=1S/C25H29N5O3/c1-29(25(32)20-8-3-2-4-9-20)16-22(26)17-30(27)23(15-24(31)28-33)14-18-11-12-19-7-5-6-10-21(19)13-18/h2-13,17,23,33H,14-16,26-27H2,1H3,(H,28,31)/b22-17-. The summed E-state index contributed by atoms with van der Waals surface area (Å²) in [5.41, 5.74) is 9.72. The van der Waals surface area contributed by atoms with Crippen LogP contribution >= 0.6 is 0 Å². The zero-order valence-corrected chi connectivity index (χ0v) is 18.5. The minimum Gasteiger partial charge on any atom is -0.399 e. The summed E-state index contributed by atoms with van der Waals surface area (Å²) in [6.45, 7) is 0.163. The molecule has 0 saturated carbocycles. The van der Waals surface area contributed by atoms with Crippen LogP contribution in [-0.2, 0) is 11.2 Å². The van der Waals surface area contributed by atoms with Crippen LogP contribution in [0.15, 0.2) is 84.7 Å². The first-order valence-corrected chi connectivity index (χ1v) is 10.6. The van der Waals surface area contributed by atoms with Crippen molar-refractivity contribution in [3.05, 3.63) is 95.8 Å². The van der Waals surface area contributed by atoms with Crippen molar-refractivity contribution in [2.75, 3.05) is 13.6 Å². The number of fused-ring (bicyclic) bond motifs is 1. The second-order valence-electron chi connectivity index (χ2n) is 7.96. The number of hydrogen-bond donors (Lipinski definition) is 4. The lowest BCUT2D eigenvalue weighted by atomic mass is 9.99. The minimum atomic E-state index is -0.556. The zero-order chi connectivity index (χ0) is 23.8. The third kappa shape index (κ3) is 6.55. The number of rotatable bonds is 9. The number of likely N-dealkylation sites (N-methyl/N-ethyl adjacent to an activating group) is 1. The molecule has 3 aromatic rings. The molecule has 172 valence electrons. The fourth-order valence-corrected chi connectivity index (χ4v) is 3.66. The predicted octanol–water partition coefficient (Wildman–Crippen LogP) is 2.39. The smallest absolute Gasteiger partial charge is 0.253 e. The number of benzene rings is 3. The van der Waals surface area contributed by atoms with E-state index in [9.17, 15) is 9.59 Å². The molecule has 6 N–H and O–H groups in total. The Bertz CT molecular complexity index is 1130. The topological polar surface area (TPSA) is 125 Å². The van der Waals surface area contributed by atoms with Crippen LogP contribution in [0.2, 0.25) is 0 Å². The lowest BCUT2D eigenvalue weighted by molar-refractivity contribution is -0.130. The maximum atomic E-state index is 12.6. The second kappa shape index (κ2) is 11.1. The molecule has 0 saturated heterocycles. The van der Waals surface area contributed by atoms with E-state index in [4.69, 9.17) is 16.8 Å². The zero-order valence-electron chi connectivity index (χ0n) is 18.5. The lowest BCUT2D eigenvalue weighted by Gasteiger charge is -2.27. The van der Waals surface area contributed by atoms with Gasteiger partial charge in [0.15, 0.2) is 0 Å². The van der Waals surface area contributed by atoms with Crippen molar-refractivity contribution >= 4 is 22.6 Å². The molecule has 8 nitrogen and oxygen atoms in total. The normalized spacial score (nSPS) is 12.3. The van der Waals surface area contributed by atoms with Gasteiger partial charge in [0.05, 0.1) is 19.0 Å². The summed E-state index contributed by atoms with van der Waals surface area (Å²) in [5, 5.41) is 12.6. The van der Waals surface area contributed by atoms with Crippen LogP contribution in [0.3, 0.4) is 0 Å². The van der Waals surface area contributed by atoms with Gasteiger partial charge in [-0.15, -0.1) is 0 Å². The molecule has 0 spiro atoms. The monoisotopic (exact) mass is 447 g/mol. The molecule has 0 aromatic heterocycles. The summed E-state index contributed by atoms with van der Waals surface area (Å²) in [4.78, 5) is 25.9. The third-order valence-electron chi connectivity index (χ3n) is 5.35. The van der Waals surface area contributed by atoms with Gasteiger partial charge in [0.1, 0.15) is 0 Å². The van der Waals surface area contributed by atoms with Gasteiger partial charge in [-0.25, -0.2) is 11.3 Å². The van der Waals surface area contributed by atoms with Crippen molar-refractivity contribution in [3.63, 3.8) is 0 Å². The molecule has 8 heteroatoms. The van der Waals surface area contributed by atoms with Crippen LogP contribution in [0.1, 0.15) is 22.3 Å². The maximum Gasteiger partial charge on any atom is 0.253 e. The molecule has 1 atom stereocenters. The van der Waals surface area contributed by atoms with Gasteiger partial charge >= 0.3 is 0 Å². The second-order valence-corrected chi connectivity index (χ2v) is 7.96. The van der Waals surface area contributed by atoms with Crippen molar-refractivity contribution in [1.82, 2.24) is 15.4 Å². The van der Waals surface area contributed by atoms with E-state index in [1.165, 1.54) is 16.1 Å². The van der Waals surface area contributed by atoms with Crippen LogP contribution in [-0.4, -0.2) is 46.6 Å². The average Bonchev–Trinajstić information content (AvgIpc) is 2.83. The molecule has 1 unspecified atom stereocenters. The Balaban J connectivity index is 1.73. The van der Waals surface area contributed by atoms with Gasteiger partial charge in [0.2, 0.25) is 5.91 Å². The molecule has 0 radical (unpaired) electrons. The Hall–Kier alpha value is -3.88. The summed E-state index contributed by atoms with van der Waals surface area (Å²) >= 11 is 0. The molecule has 0 aliphatic rings. The third-order valence-corrected chi connectivity index (χ3v) is 5.35. The van der Waals surface area contributed by atoms with E-state index in [2.05, 4.69) is 0 Å². The summed E-state index contributed by atoms with van der Waals surface area (Å²) in [5.74, 6) is 5.54. The molecule has 0 bridgehead atoms. The Morgan fingerprint density at radius 3 is 2.39 bits per heavy atom. The molecular formula is C25H29N5O3. The highest BCUT2D eigenvalue weighted by Crippen LogP contribution is 2.19. The van der Waals surface area contributed by atoms with E-state index in [0.717, 1.165) is 16.3 Å². The highest BCUT2D eigenvalue weighted by atomic mass is 16.5. The first kappa shape index (κ1) is 23.8. The van der Waals surface area contributed by atoms with Gasteiger partial charge in [-0.05, 0) is 34.9 Å². The fourth-order valence-electron chi connectivity index (χ4n) is 3.66. The number of carbonyl (C=O) groups excluding carboxylic acids is 2. The molecule has 0 aliphatic carbocycles. The van der Waals surface area contributed by atoms with Crippen molar-refractivity contribution in [2.24, 2.45) is 11.6 Å². The Labute approximate surface area is 193 Å². The number of nitrogens with one attached hydrogen (secondary N) is 1. The molecule has 0 fully saturated rings. The molecular weight excluding hydrogens is 418 g/mol. The number of hydrazine groups is 1. The summed E-state index contributed by atoms with van der Waals surface area (Å²) in [7, 11) is 1.66. The van der Waals surface area contributed by atoms with Crippen LogP contribution in [0.25, 0.3) is 10.8 Å². The predicted molar refractivity (Wildman–Crippen MR) is 128 cm³/mol. The van der Waals surface area contributed by atoms with E-state index in [-0.39, 0.29) is 18.9 Å². The van der Waals surface area contributed by atoms with E-state index in [1.807, 2.05) is 48.5 Å². The van der Waals surface area contributed by atoms with E-state index >= 15 is 0 Å². The van der Waals surface area contributed by atoms with Gasteiger partial charge in [-0.1, -0.05) is 60.7 Å². The minimum absolute atomic E-state index is 0.0393. The molecule has 0 heterocycles. The summed E-state index contributed by atoms with van der Waals surface area (Å²) in [6, 6.07) is 22.5. The summed E-state index contributed by atoms with van der Waals surface area (Å²) in [6.07, 6.45) is 1.94. The van der Waals surface area contributed by atoms with Gasteiger partial charge in [-0.2, -0.15) is 0 Å². The highest BCUT2D eigenvalue weighted by molar-refractivity contribution is 5.94. The number of hydroxylamine groups is 1. The number of nitrogens with two attached hydrogens (primary N) is 2. The Kier molecular flexibility index (Phi) is 8.01. The number of nitrogens with zero attached hydrogens (tertiary/aromatic N) is 2. The average molecular weight is 448 g/mol. The number of amides is 2. The Morgan fingerprint density at radius 2 is 1.70 bits per heavy atom. The SMILES string of the molecule is CN(C/C(N)=C/N(N)C(CC(=O)NO)Cc1ccc2ccccc2c1)C(=O)c1ccccc1. The Morgan fingerprint density at radius 1 is 1.03 bits per heavy atom. The number of hydrogen-bond acceptors (Lipinski definition) is 6. The largest absolute Gasteiger partial charge is 0.399 e. The first-order chi connectivity index (χ1) is 15.9. The molecule has 0 aliphatic heterocycles. The molecule has 2 amide bonds. The van der Waals surface area contributed by atoms with Crippen molar-refractivity contribution in [2.45, 2.75) is 18.9 Å². The van der Waals surface area contributed by atoms with Crippen LogP contribution < -0.4 is 17.1 Å². The van der Waals surface area contributed by atoms with Gasteiger partial charge in [-0.3, -0.25) is 14.8 Å². The van der Waals surface area contributed by atoms with E-state index in [1.54, 1.807) is 36.8 Å². The van der Waals surface area contributed by atoms with Crippen molar-refractivity contribution in [1.29, 1.82) is 0 Å². The summed E-state index contributed by atoms with van der Waals surface area (Å²) < 4.78 is 0. The van der Waals surface area contributed by atoms with Gasteiger partial charge < -0.3 is 15.6 Å². The molecule has 3 aromatic carbocycles. The lowest BCUT2D eigenvalue weighted by Crippen LogP contribution is -2.42. The highest BCUT2D eigenvalue weighted by Gasteiger charge is 2.19.